The van der Waals surface area contributed by atoms with Crippen molar-refractivity contribution in [1.82, 2.24) is 0 Å². The standard InChI is InChI=1S/C15H13F2N3O3/c1-9(18-10-4-2-5-11(8-10)20(22)23)15(21)19-14-12(16)6-3-7-13(14)17/h2-9,18H,1H3,(H,19,21)/t9-/m1/s1. The molecule has 0 aliphatic rings. The first kappa shape index (κ1) is 16.3. The van der Waals surface area contributed by atoms with E-state index in [0.29, 0.717) is 5.69 Å². The fourth-order valence-electron chi connectivity index (χ4n) is 1.87. The predicted octanol–water partition coefficient (Wildman–Crippen LogP) is 3.31. The second kappa shape index (κ2) is 6.82. The van der Waals surface area contributed by atoms with Gasteiger partial charge in [-0.2, -0.15) is 0 Å². The van der Waals surface area contributed by atoms with Crippen LogP contribution in [0.2, 0.25) is 0 Å². The average Bonchev–Trinajstić information content (AvgIpc) is 2.51. The molecule has 2 N–H and O–H groups in total. The maximum atomic E-state index is 13.5. The maximum Gasteiger partial charge on any atom is 0.271 e. The van der Waals surface area contributed by atoms with Crippen LogP contribution >= 0.6 is 0 Å². The Morgan fingerprint density at radius 2 is 1.78 bits per heavy atom. The molecule has 2 aromatic carbocycles. The van der Waals surface area contributed by atoms with Crippen molar-refractivity contribution in [3.8, 4) is 0 Å². The van der Waals surface area contributed by atoms with Crippen molar-refractivity contribution in [1.29, 1.82) is 0 Å². The van der Waals surface area contributed by atoms with Crippen LogP contribution in [-0.4, -0.2) is 16.9 Å². The van der Waals surface area contributed by atoms with Gasteiger partial charge in [-0.3, -0.25) is 14.9 Å². The molecule has 0 aromatic heterocycles. The van der Waals surface area contributed by atoms with Gasteiger partial charge in [0.2, 0.25) is 5.91 Å². The van der Waals surface area contributed by atoms with E-state index in [1.165, 1.54) is 31.2 Å². The Kier molecular flexibility index (Phi) is 4.85. The van der Waals surface area contributed by atoms with E-state index in [0.717, 1.165) is 12.1 Å². The zero-order valence-electron chi connectivity index (χ0n) is 12.0. The number of nitro benzene ring substituents is 1. The Hall–Kier alpha value is -3.03. The fourth-order valence-corrected chi connectivity index (χ4v) is 1.87. The van der Waals surface area contributed by atoms with Gasteiger partial charge in [-0.25, -0.2) is 8.78 Å². The van der Waals surface area contributed by atoms with Crippen molar-refractivity contribution in [2.75, 3.05) is 10.6 Å². The molecule has 0 saturated heterocycles. The highest BCUT2D eigenvalue weighted by Gasteiger charge is 2.18. The van der Waals surface area contributed by atoms with Crippen molar-refractivity contribution in [2.45, 2.75) is 13.0 Å². The molecule has 0 aliphatic heterocycles. The summed E-state index contributed by atoms with van der Waals surface area (Å²) in [6, 6.07) is 7.94. The van der Waals surface area contributed by atoms with Crippen LogP contribution in [0.4, 0.5) is 25.8 Å². The molecule has 6 nitrogen and oxygen atoms in total. The van der Waals surface area contributed by atoms with Crippen LogP contribution in [0, 0.1) is 21.7 Å². The number of nitrogens with one attached hydrogen (secondary N) is 2. The Balaban J connectivity index is 2.08. The van der Waals surface area contributed by atoms with E-state index in [4.69, 9.17) is 0 Å². The number of hydrogen-bond acceptors (Lipinski definition) is 4. The monoisotopic (exact) mass is 321 g/mol. The molecule has 0 heterocycles. The Labute approximate surface area is 130 Å². The second-order valence-corrected chi connectivity index (χ2v) is 4.76. The summed E-state index contributed by atoms with van der Waals surface area (Å²) in [7, 11) is 0. The smallest absolute Gasteiger partial charge is 0.271 e. The second-order valence-electron chi connectivity index (χ2n) is 4.76. The van der Waals surface area contributed by atoms with Crippen molar-refractivity contribution in [3.05, 3.63) is 64.2 Å². The number of carbonyl (C=O) groups is 1. The summed E-state index contributed by atoms with van der Waals surface area (Å²) >= 11 is 0. The molecule has 1 amide bonds. The molecular weight excluding hydrogens is 308 g/mol. The van der Waals surface area contributed by atoms with Gasteiger partial charge in [0.25, 0.3) is 5.69 Å². The molecule has 8 heteroatoms. The predicted molar refractivity (Wildman–Crippen MR) is 81.2 cm³/mol. The Morgan fingerprint density at radius 1 is 1.17 bits per heavy atom. The summed E-state index contributed by atoms with van der Waals surface area (Å²) in [5.41, 5.74) is -0.330. The number of nitro groups is 1. The minimum absolute atomic E-state index is 0.136. The number of rotatable bonds is 5. The van der Waals surface area contributed by atoms with Gasteiger partial charge in [-0.15, -0.1) is 0 Å². The van der Waals surface area contributed by atoms with E-state index in [-0.39, 0.29) is 5.69 Å². The number of anilines is 2. The molecule has 0 aliphatic carbocycles. The summed E-state index contributed by atoms with van der Waals surface area (Å²) < 4.78 is 27.0. The fraction of sp³-hybridized carbons (Fsp3) is 0.133. The summed E-state index contributed by atoms with van der Waals surface area (Å²) in [5, 5.41) is 15.6. The van der Waals surface area contributed by atoms with Crippen LogP contribution in [0.3, 0.4) is 0 Å². The molecule has 0 radical (unpaired) electrons. The molecule has 120 valence electrons. The van der Waals surface area contributed by atoms with Crippen molar-refractivity contribution in [2.24, 2.45) is 0 Å². The Morgan fingerprint density at radius 3 is 2.39 bits per heavy atom. The summed E-state index contributed by atoms with van der Waals surface area (Å²) in [6.07, 6.45) is 0. The lowest BCUT2D eigenvalue weighted by Gasteiger charge is -2.15. The number of carbonyl (C=O) groups excluding carboxylic acids is 1. The van der Waals surface area contributed by atoms with E-state index in [2.05, 4.69) is 10.6 Å². The van der Waals surface area contributed by atoms with Gasteiger partial charge in [0.15, 0.2) is 0 Å². The van der Waals surface area contributed by atoms with Crippen molar-refractivity contribution in [3.63, 3.8) is 0 Å². The molecule has 2 aromatic rings. The molecule has 0 unspecified atom stereocenters. The highest BCUT2D eigenvalue weighted by Crippen LogP contribution is 2.20. The quantitative estimate of drug-likeness (QED) is 0.653. The highest BCUT2D eigenvalue weighted by molar-refractivity contribution is 5.96. The third-order valence-electron chi connectivity index (χ3n) is 3.04. The van der Waals surface area contributed by atoms with Crippen LogP contribution in [0.5, 0.6) is 0 Å². The van der Waals surface area contributed by atoms with Gasteiger partial charge < -0.3 is 10.6 Å². The summed E-state index contributed by atoms with van der Waals surface area (Å²) in [5.74, 6) is -2.46. The number of benzene rings is 2. The van der Waals surface area contributed by atoms with Gasteiger partial charge >= 0.3 is 0 Å². The molecule has 0 bridgehead atoms. The Bertz CT molecular complexity index is 732. The first-order valence-corrected chi connectivity index (χ1v) is 6.64. The maximum absolute atomic E-state index is 13.5. The first-order valence-electron chi connectivity index (χ1n) is 6.64. The highest BCUT2D eigenvalue weighted by atomic mass is 19.1. The summed E-state index contributed by atoms with van der Waals surface area (Å²) in [6.45, 7) is 1.47. The van der Waals surface area contributed by atoms with Crippen LogP contribution in [0.25, 0.3) is 0 Å². The normalized spacial score (nSPS) is 11.6. The molecule has 0 fully saturated rings. The van der Waals surface area contributed by atoms with Crippen LogP contribution in [0.1, 0.15) is 6.92 Å². The zero-order chi connectivity index (χ0) is 17.0. The number of hydrogen-bond donors (Lipinski definition) is 2. The van der Waals surface area contributed by atoms with Gasteiger partial charge in [0, 0.05) is 17.8 Å². The third kappa shape index (κ3) is 4.00. The van der Waals surface area contributed by atoms with Crippen molar-refractivity contribution < 1.29 is 18.5 Å². The number of nitrogens with zero attached hydrogens (tertiary/aromatic N) is 1. The van der Waals surface area contributed by atoms with Crippen molar-refractivity contribution >= 4 is 23.0 Å². The minimum Gasteiger partial charge on any atom is -0.374 e. The van der Waals surface area contributed by atoms with Gasteiger partial charge in [0.05, 0.1) is 4.92 Å². The van der Waals surface area contributed by atoms with E-state index in [1.54, 1.807) is 6.07 Å². The van der Waals surface area contributed by atoms with Gasteiger partial charge in [-0.05, 0) is 25.1 Å². The number of amides is 1. The first-order chi connectivity index (χ1) is 10.9. The van der Waals surface area contributed by atoms with E-state index in [1.807, 2.05) is 0 Å². The van der Waals surface area contributed by atoms with Gasteiger partial charge in [-0.1, -0.05) is 12.1 Å². The topological polar surface area (TPSA) is 84.3 Å². The molecule has 2 rings (SSSR count). The third-order valence-corrected chi connectivity index (χ3v) is 3.04. The lowest BCUT2D eigenvalue weighted by Crippen LogP contribution is -2.32. The minimum atomic E-state index is -0.888. The van der Waals surface area contributed by atoms with Gasteiger partial charge in [0.1, 0.15) is 23.4 Å². The largest absolute Gasteiger partial charge is 0.374 e. The van der Waals surface area contributed by atoms with E-state index >= 15 is 0 Å². The number of non-ortho nitro benzene ring substituents is 1. The van der Waals surface area contributed by atoms with Crippen LogP contribution < -0.4 is 10.6 Å². The number of para-hydroxylation sites is 1. The zero-order valence-corrected chi connectivity index (χ0v) is 12.0. The number of halogens is 2. The summed E-state index contributed by atoms with van der Waals surface area (Å²) in [4.78, 5) is 22.1. The SMILES string of the molecule is C[C@@H](Nc1cccc([N+](=O)[O-])c1)C(=O)Nc1c(F)cccc1F. The van der Waals surface area contributed by atoms with E-state index in [9.17, 15) is 23.7 Å². The van der Waals surface area contributed by atoms with E-state index < -0.39 is 34.2 Å². The van der Waals surface area contributed by atoms with Crippen LogP contribution in [-0.2, 0) is 4.79 Å². The molecular formula is C15H13F2N3O3. The lowest BCUT2D eigenvalue weighted by atomic mass is 10.2. The molecule has 0 saturated carbocycles. The molecule has 1 atom stereocenters. The lowest BCUT2D eigenvalue weighted by molar-refractivity contribution is -0.384. The molecule has 23 heavy (non-hydrogen) atoms. The average molecular weight is 321 g/mol. The van der Waals surface area contributed by atoms with Crippen LogP contribution in [0.15, 0.2) is 42.5 Å². The molecule has 0 spiro atoms.